The van der Waals surface area contributed by atoms with Gasteiger partial charge in [0.25, 0.3) is 0 Å². The molecule has 1 heteroatoms. The van der Waals surface area contributed by atoms with Crippen LogP contribution in [0.2, 0.25) is 0 Å². The molecule has 0 spiro atoms. The SMILES string of the molecule is C[C@H]1C[C@@H]2CCC[C@@H](C)N2C1. The first-order valence-electron chi connectivity index (χ1n) is 5.03. The molecule has 2 rings (SSSR count). The molecule has 0 N–H and O–H groups in total. The molecule has 2 aliphatic heterocycles. The van der Waals surface area contributed by atoms with Crippen molar-refractivity contribution in [1.82, 2.24) is 4.90 Å². The van der Waals surface area contributed by atoms with Crippen LogP contribution in [0.3, 0.4) is 0 Å². The third-order valence-corrected chi connectivity index (χ3v) is 3.39. The first kappa shape index (κ1) is 7.60. The predicted octanol–water partition coefficient (Wildman–Crippen LogP) is 2.27. The van der Waals surface area contributed by atoms with Crippen LogP contribution < -0.4 is 0 Å². The van der Waals surface area contributed by atoms with Gasteiger partial charge in [-0.1, -0.05) is 13.3 Å². The van der Waals surface area contributed by atoms with E-state index in [1.165, 1.54) is 32.2 Å². The molecule has 1 nitrogen and oxygen atoms in total. The Morgan fingerprint density at radius 2 is 2.00 bits per heavy atom. The lowest BCUT2D eigenvalue weighted by Gasteiger charge is -2.35. The molecular weight excluding hydrogens is 134 g/mol. The maximum Gasteiger partial charge on any atom is 0.0101 e. The minimum atomic E-state index is 0.874. The summed E-state index contributed by atoms with van der Waals surface area (Å²) in [7, 11) is 0. The van der Waals surface area contributed by atoms with Crippen molar-refractivity contribution in [2.75, 3.05) is 6.54 Å². The lowest BCUT2D eigenvalue weighted by atomic mass is 9.97. The highest BCUT2D eigenvalue weighted by molar-refractivity contribution is 4.89. The van der Waals surface area contributed by atoms with Crippen LogP contribution in [0.15, 0.2) is 0 Å². The Kier molecular flexibility index (Phi) is 1.92. The second-order valence-electron chi connectivity index (χ2n) is 4.47. The van der Waals surface area contributed by atoms with Gasteiger partial charge < -0.3 is 0 Å². The first-order valence-corrected chi connectivity index (χ1v) is 5.03. The summed E-state index contributed by atoms with van der Waals surface area (Å²) in [4.78, 5) is 2.73. The van der Waals surface area contributed by atoms with Gasteiger partial charge in [0.05, 0.1) is 0 Å². The van der Waals surface area contributed by atoms with Crippen LogP contribution in [0.4, 0.5) is 0 Å². The summed E-state index contributed by atoms with van der Waals surface area (Å²) in [5, 5.41) is 0. The molecule has 3 atom stereocenters. The van der Waals surface area contributed by atoms with Gasteiger partial charge in [-0.2, -0.15) is 0 Å². The summed E-state index contributed by atoms with van der Waals surface area (Å²) in [6, 6.07) is 1.83. The normalized spacial score (nSPS) is 45.8. The van der Waals surface area contributed by atoms with E-state index in [4.69, 9.17) is 0 Å². The fourth-order valence-electron chi connectivity index (χ4n) is 2.82. The van der Waals surface area contributed by atoms with Gasteiger partial charge in [-0.05, 0) is 32.1 Å². The standard InChI is InChI=1S/C10H19N/c1-8-6-10-5-3-4-9(2)11(10)7-8/h8-10H,3-7H2,1-2H3/t8-,9+,10-/m0/s1. The van der Waals surface area contributed by atoms with Crippen LogP contribution in [-0.4, -0.2) is 23.5 Å². The van der Waals surface area contributed by atoms with E-state index < -0.39 is 0 Å². The topological polar surface area (TPSA) is 3.24 Å². The summed E-state index contributed by atoms with van der Waals surface area (Å²) < 4.78 is 0. The quantitative estimate of drug-likeness (QED) is 0.516. The molecule has 2 heterocycles. The van der Waals surface area contributed by atoms with Crippen molar-refractivity contribution in [3.05, 3.63) is 0 Å². The van der Waals surface area contributed by atoms with Crippen LogP contribution in [0, 0.1) is 5.92 Å². The highest BCUT2D eigenvalue weighted by Crippen LogP contribution is 2.33. The van der Waals surface area contributed by atoms with Crippen molar-refractivity contribution >= 4 is 0 Å². The zero-order valence-corrected chi connectivity index (χ0v) is 7.71. The molecule has 0 aromatic heterocycles. The van der Waals surface area contributed by atoms with Gasteiger partial charge in [0.1, 0.15) is 0 Å². The average Bonchev–Trinajstić information content (AvgIpc) is 2.31. The smallest absolute Gasteiger partial charge is 0.0101 e. The fraction of sp³-hybridized carbons (Fsp3) is 1.00. The van der Waals surface area contributed by atoms with Crippen LogP contribution in [0.5, 0.6) is 0 Å². The molecule has 11 heavy (non-hydrogen) atoms. The van der Waals surface area contributed by atoms with Gasteiger partial charge in [-0.25, -0.2) is 0 Å². The lowest BCUT2D eigenvalue weighted by Crippen LogP contribution is -2.40. The largest absolute Gasteiger partial charge is 0.297 e. The van der Waals surface area contributed by atoms with E-state index in [2.05, 4.69) is 18.7 Å². The maximum absolute atomic E-state index is 2.73. The predicted molar refractivity (Wildman–Crippen MR) is 47.6 cm³/mol. The zero-order valence-electron chi connectivity index (χ0n) is 7.71. The molecule has 0 aliphatic carbocycles. The van der Waals surface area contributed by atoms with E-state index in [9.17, 15) is 0 Å². The highest BCUT2D eigenvalue weighted by Gasteiger charge is 2.34. The molecule has 2 saturated heterocycles. The number of fused-ring (bicyclic) bond motifs is 1. The van der Waals surface area contributed by atoms with Gasteiger partial charge in [0.15, 0.2) is 0 Å². The van der Waals surface area contributed by atoms with Crippen molar-refractivity contribution in [2.24, 2.45) is 5.92 Å². The van der Waals surface area contributed by atoms with Gasteiger partial charge in [0.2, 0.25) is 0 Å². The molecule has 2 aliphatic rings. The van der Waals surface area contributed by atoms with Crippen LogP contribution in [0.25, 0.3) is 0 Å². The van der Waals surface area contributed by atoms with Crippen molar-refractivity contribution in [3.8, 4) is 0 Å². The van der Waals surface area contributed by atoms with Crippen molar-refractivity contribution < 1.29 is 0 Å². The highest BCUT2D eigenvalue weighted by atomic mass is 15.2. The molecule has 0 radical (unpaired) electrons. The van der Waals surface area contributed by atoms with Gasteiger partial charge in [-0.3, -0.25) is 4.90 Å². The van der Waals surface area contributed by atoms with Crippen molar-refractivity contribution in [1.29, 1.82) is 0 Å². The Hall–Kier alpha value is -0.0400. The zero-order chi connectivity index (χ0) is 7.84. The molecule has 0 bridgehead atoms. The lowest BCUT2D eigenvalue weighted by molar-refractivity contribution is 0.133. The number of piperidine rings is 1. The maximum atomic E-state index is 2.73. The molecule has 0 aromatic rings. The van der Waals surface area contributed by atoms with E-state index in [-0.39, 0.29) is 0 Å². The van der Waals surface area contributed by atoms with Gasteiger partial charge in [0, 0.05) is 18.6 Å². The summed E-state index contributed by atoms with van der Waals surface area (Å²) in [6.07, 6.45) is 5.83. The molecular formula is C10H19N. The third kappa shape index (κ3) is 1.31. The Morgan fingerprint density at radius 3 is 2.73 bits per heavy atom. The van der Waals surface area contributed by atoms with Gasteiger partial charge >= 0.3 is 0 Å². The average molecular weight is 153 g/mol. The second-order valence-corrected chi connectivity index (χ2v) is 4.47. The Morgan fingerprint density at radius 1 is 1.18 bits per heavy atom. The summed E-state index contributed by atoms with van der Waals surface area (Å²) in [5.74, 6) is 0.959. The fourth-order valence-corrected chi connectivity index (χ4v) is 2.82. The number of hydrogen-bond acceptors (Lipinski definition) is 1. The van der Waals surface area contributed by atoms with E-state index in [1.54, 1.807) is 0 Å². The van der Waals surface area contributed by atoms with E-state index in [1.807, 2.05) is 0 Å². The van der Waals surface area contributed by atoms with Crippen LogP contribution >= 0.6 is 0 Å². The third-order valence-electron chi connectivity index (χ3n) is 3.39. The molecule has 2 fully saturated rings. The molecule has 0 saturated carbocycles. The Labute approximate surface area is 69.8 Å². The molecule has 0 amide bonds. The summed E-state index contributed by atoms with van der Waals surface area (Å²) in [5.41, 5.74) is 0. The van der Waals surface area contributed by atoms with E-state index in [0.29, 0.717) is 0 Å². The number of rotatable bonds is 0. The molecule has 64 valence electrons. The van der Waals surface area contributed by atoms with E-state index in [0.717, 1.165) is 18.0 Å². The first-order chi connectivity index (χ1) is 5.27. The Balaban J connectivity index is 2.03. The number of nitrogens with zero attached hydrogens (tertiary/aromatic N) is 1. The van der Waals surface area contributed by atoms with Gasteiger partial charge in [-0.15, -0.1) is 0 Å². The van der Waals surface area contributed by atoms with Crippen molar-refractivity contribution in [3.63, 3.8) is 0 Å². The second kappa shape index (κ2) is 2.78. The van der Waals surface area contributed by atoms with Crippen LogP contribution in [-0.2, 0) is 0 Å². The van der Waals surface area contributed by atoms with Crippen LogP contribution in [0.1, 0.15) is 39.5 Å². The van der Waals surface area contributed by atoms with E-state index >= 15 is 0 Å². The minimum absolute atomic E-state index is 0.874. The minimum Gasteiger partial charge on any atom is -0.297 e. The summed E-state index contributed by atoms with van der Waals surface area (Å²) in [6.45, 7) is 6.15. The number of hydrogen-bond donors (Lipinski definition) is 0. The monoisotopic (exact) mass is 153 g/mol. The Bertz CT molecular complexity index is 144. The van der Waals surface area contributed by atoms with Crippen molar-refractivity contribution in [2.45, 2.75) is 51.6 Å². The molecule has 0 unspecified atom stereocenters. The summed E-state index contributed by atoms with van der Waals surface area (Å²) >= 11 is 0. The molecule has 0 aromatic carbocycles.